The molecule has 0 amide bonds. The van der Waals surface area contributed by atoms with Gasteiger partial charge in [0, 0.05) is 6.04 Å². The summed E-state index contributed by atoms with van der Waals surface area (Å²) in [5.41, 5.74) is 2.85. The van der Waals surface area contributed by atoms with Crippen molar-refractivity contribution in [2.75, 3.05) is 6.54 Å². The molecule has 0 radical (unpaired) electrons. The first-order chi connectivity index (χ1) is 9.29. The zero-order chi connectivity index (χ0) is 13.5. The molecule has 0 aromatic heterocycles. The van der Waals surface area contributed by atoms with Gasteiger partial charge in [-0.3, -0.25) is 0 Å². The maximum atomic E-state index is 3.68. The summed E-state index contributed by atoms with van der Waals surface area (Å²) in [5, 5.41) is 3.68. The quantitative estimate of drug-likeness (QED) is 0.768. The summed E-state index contributed by atoms with van der Waals surface area (Å²) >= 11 is 0. The van der Waals surface area contributed by atoms with E-state index in [1.165, 1.54) is 56.2 Å². The lowest BCUT2D eigenvalue weighted by Gasteiger charge is -2.22. The van der Waals surface area contributed by atoms with Crippen LogP contribution in [0.25, 0.3) is 0 Å². The molecule has 1 aromatic rings. The Bertz CT molecular complexity index is 348. The monoisotopic (exact) mass is 259 g/mol. The number of benzene rings is 1. The molecule has 19 heavy (non-hydrogen) atoms. The molecular formula is C18H29N. The number of aryl methyl sites for hydroxylation is 1. The largest absolute Gasteiger partial charge is 0.310 e. The second-order valence-corrected chi connectivity index (χ2v) is 6.06. The van der Waals surface area contributed by atoms with Crippen LogP contribution in [-0.4, -0.2) is 6.54 Å². The zero-order valence-electron chi connectivity index (χ0n) is 12.6. The van der Waals surface area contributed by atoms with Crippen molar-refractivity contribution in [3.8, 4) is 0 Å². The van der Waals surface area contributed by atoms with Crippen LogP contribution in [0.15, 0.2) is 24.3 Å². The first kappa shape index (κ1) is 14.6. The van der Waals surface area contributed by atoms with Crippen molar-refractivity contribution in [2.24, 2.45) is 5.92 Å². The molecule has 1 aliphatic rings. The SMILES string of the molecule is CCc1ccc(C(C)NCCC2CCCCC2)cc1. The van der Waals surface area contributed by atoms with Crippen LogP contribution in [0.3, 0.4) is 0 Å². The van der Waals surface area contributed by atoms with E-state index >= 15 is 0 Å². The van der Waals surface area contributed by atoms with Gasteiger partial charge in [-0.25, -0.2) is 0 Å². The van der Waals surface area contributed by atoms with E-state index in [2.05, 4.69) is 43.4 Å². The Morgan fingerprint density at radius 3 is 2.42 bits per heavy atom. The highest BCUT2D eigenvalue weighted by Gasteiger charge is 2.13. The third-order valence-electron chi connectivity index (χ3n) is 4.62. The molecule has 1 fully saturated rings. The smallest absolute Gasteiger partial charge is 0.0291 e. The predicted molar refractivity (Wildman–Crippen MR) is 83.4 cm³/mol. The lowest BCUT2D eigenvalue weighted by Crippen LogP contribution is -2.22. The first-order valence-electron chi connectivity index (χ1n) is 8.12. The lowest BCUT2D eigenvalue weighted by atomic mass is 9.87. The molecule has 1 N–H and O–H groups in total. The normalized spacial score (nSPS) is 18.4. The Morgan fingerprint density at radius 1 is 1.11 bits per heavy atom. The minimum Gasteiger partial charge on any atom is -0.310 e. The number of nitrogens with one attached hydrogen (secondary N) is 1. The number of rotatable bonds is 6. The van der Waals surface area contributed by atoms with E-state index in [1.807, 2.05) is 0 Å². The Morgan fingerprint density at radius 2 is 1.79 bits per heavy atom. The molecular weight excluding hydrogens is 230 g/mol. The molecule has 0 saturated heterocycles. The van der Waals surface area contributed by atoms with Crippen molar-refractivity contribution in [3.05, 3.63) is 35.4 Å². The van der Waals surface area contributed by atoms with Crippen molar-refractivity contribution in [1.82, 2.24) is 5.32 Å². The second kappa shape index (κ2) is 7.69. The Hall–Kier alpha value is -0.820. The molecule has 1 atom stereocenters. The minimum atomic E-state index is 0.481. The van der Waals surface area contributed by atoms with Gasteiger partial charge in [-0.05, 0) is 43.4 Å². The van der Waals surface area contributed by atoms with Gasteiger partial charge >= 0.3 is 0 Å². The van der Waals surface area contributed by atoms with E-state index in [4.69, 9.17) is 0 Å². The van der Waals surface area contributed by atoms with E-state index in [9.17, 15) is 0 Å². The third kappa shape index (κ3) is 4.65. The van der Waals surface area contributed by atoms with Crippen molar-refractivity contribution in [3.63, 3.8) is 0 Å². The Kier molecular flexibility index (Phi) is 5.91. The van der Waals surface area contributed by atoms with Crippen LogP contribution < -0.4 is 5.32 Å². The highest BCUT2D eigenvalue weighted by molar-refractivity contribution is 5.24. The molecule has 0 heterocycles. The van der Waals surface area contributed by atoms with Crippen LogP contribution in [0.5, 0.6) is 0 Å². The van der Waals surface area contributed by atoms with Gasteiger partial charge < -0.3 is 5.32 Å². The van der Waals surface area contributed by atoms with E-state index < -0.39 is 0 Å². The first-order valence-corrected chi connectivity index (χ1v) is 8.12. The average molecular weight is 259 g/mol. The lowest BCUT2D eigenvalue weighted by molar-refractivity contribution is 0.329. The molecule has 0 bridgehead atoms. The van der Waals surface area contributed by atoms with Crippen molar-refractivity contribution in [2.45, 2.75) is 64.8 Å². The maximum absolute atomic E-state index is 3.68. The molecule has 1 heteroatoms. The minimum absolute atomic E-state index is 0.481. The zero-order valence-corrected chi connectivity index (χ0v) is 12.6. The molecule has 1 unspecified atom stereocenters. The van der Waals surface area contributed by atoms with Gasteiger partial charge in [-0.15, -0.1) is 0 Å². The van der Waals surface area contributed by atoms with E-state index in [0.29, 0.717) is 6.04 Å². The highest BCUT2D eigenvalue weighted by Crippen LogP contribution is 2.26. The van der Waals surface area contributed by atoms with E-state index in [0.717, 1.165) is 12.3 Å². The van der Waals surface area contributed by atoms with Crippen LogP contribution in [-0.2, 0) is 6.42 Å². The summed E-state index contributed by atoms with van der Waals surface area (Å²) < 4.78 is 0. The summed E-state index contributed by atoms with van der Waals surface area (Å²) in [6.45, 7) is 5.66. The summed E-state index contributed by atoms with van der Waals surface area (Å²) in [7, 11) is 0. The van der Waals surface area contributed by atoms with Crippen LogP contribution in [0.1, 0.15) is 69.5 Å². The fourth-order valence-corrected chi connectivity index (χ4v) is 3.14. The van der Waals surface area contributed by atoms with Gasteiger partial charge in [-0.1, -0.05) is 63.3 Å². The van der Waals surface area contributed by atoms with E-state index in [1.54, 1.807) is 0 Å². The summed E-state index contributed by atoms with van der Waals surface area (Å²) in [6, 6.07) is 9.55. The molecule has 1 aromatic carbocycles. The van der Waals surface area contributed by atoms with Gasteiger partial charge in [0.05, 0.1) is 0 Å². The fourth-order valence-electron chi connectivity index (χ4n) is 3.14. The van der Waals surface area contributed by atoms with Gasteiger partial charge in [0.25, 0.3) is 0 Å². The summed E-state index contributed by atoms with van der Waals surface area (Å²) in [5.74, 6) is 0.982. The van der Waals surface area contributed by atoms with Crippen LogP contribution in [0, 0.1) is 5.92 Å². The second-order valence-electron chi connectivity index (χ2n) is 6.06. The van der Waals surface area contributed by atoms with Crippen LogP contribution in [0.2, 0.25) is 0 Å². The molecule has 106 valence electrons. The molecule has 1 nitrogen and oxygen atoms in total. The molecule has 0 spiro atoms. The molecule has 1 saturated carbocycles. The summed E-state index contributed by atoms with van der Waals surface area (Å²) in [6.07, 6.45) is 9.78. The van der Waals surface area contributed by atoms with Crippen LogP contribution in [0.4, 0.5) is 0 Å². The maximum Gasteiger partial charge on any atom is 0.0291 e. The average Bonchev–Trinajstić information content (AvgIpc) is 2.48. The standard InChI is InChI=1S/C18H29N/c1-3-16-9-11-18(12-10-16)15(2)19-14-13-17-7-5-4-6-8-17/h9-12,15,17,19H,3-8,13-14H2,1-2H3. The van der Waals surface area contributed by atoms with Gasteiger partial charge in [0.15, 0.2) is 0 Å². The van der Waals surface area contributed by atoms with Gasteiger partial charge in [-0.2, -0.15) is 0 Å². The number of hydrogen-bond acceptors (Lipinski definition) is 1. The molecule has 1 aliphatic carbocycles. The van der Waals surface area contributed by atoms with Gasteiger partial charge in [0.1, 0.15) is 0 Å². The molecule has 0 aliphatic heterocycles. The van der Waals surface area contributed by atoms with Crippen molar-refractivity contribution in [1.29, 1.82) is 0 Å². The van der Waals surface area contributed by atoms with Gasteiger partial charge in [0.2, 0.25) is 0 Å². The fraction of sp³-hybridized carbons (Fsp3) is 0.667. The third-order valence-corrected chi connectivity index (χ3v) is 4.62. The van der Waals surface area contributed by atoms with Crippen LogP contribution >= 0.6 is 0 Å². The van der Waals surface area contributed by atoms with Crippen molar-refractivity contribution >= 4 is 0 Å². The summed E-state index contributed by atoms with van der Waals surface area (Å²) in [4.78, 5) is 0. The topological polar surface area (TPSA) is 12.0 Å². The predicted octanol–water partition coefficient (Wildman–Crippen LogP) is 4.87. The Balaban J connectivity index is 1.72. The number of hydrogen-bond donors (Lipinski definition) is 1. The molecule has 2 rings (SSSR count). The highest BCUT2D eigenvalue weighted by atomic mass is 14.9. The van der Waals surface area contributed by atoms with Crippen molar-refractivity contribution < 1.29 is 0 Å². The van der Waals surface area contributed by atoms with E-state index in [-0.39, 0.29) is 0 Å². The Labute approximate surface area is 118 Å².